The van der Waals surface area contributed by atoms with Gasteiger partial charge in [0, 0.05) is 0 Å². The van der Waals surface area contributed by atoms with Crippen LogP contribution in [0.4, 0.5) is 0 Å². The van der Waals surface area contributed by atoms with Gasteiger partial charge in [0.25, 0.3) is 0 Å². The predicted molar refractivity (Wildman–Crippen MR) is 30.7 cm³/mol. The van der Waals surface area contributed by atoms with Crippen LogP contribution in [0.25, 0.3) is 0 Å². The van der Waals surface area contributed by atoms with Crippen molar-refractivity contribution in [3.63, 3.8) is 0 Å². The molecule has 6 heavy (non-hydrogen) atoms. The molecule has 0 aromatic carbocycles. The molecule has 0 unspecified atom stereocenters. The maximum Gasteiger partial charge on any atom is 0.0841 e. The molecule has 1 nitrogen and oxygen atoms in total. The van der Waals surface area contributed by atoms with Crippen molar-refractivity contribution in [2.75, 3.05) is 6.61 Å². The molecule has 0 aliphatic heterocycles. The average Bonchev–Trinajstić information content (AvgIpc) is 1.35. The van der Waals surface area contributed by atoms with Gasteiger partial charge in [0.2, 0.25) is 0 Å². The summed E-state index contributed by atoms with van der Waals surface area (Å²) < 4.78 is 4.91. The fraction of sp³-hybridized carbons (Fsp3) is 0.500. The molecule has 0 rings (SSSR count). The van der Waals surface area contributed by atoms with E-state index in [1.165, 1.54) is 0 Å². The van der Waals surface area contributed by atoms with Crippen LogP contribution in [-0.4, -0.2) is 16.8 Å². The second kappa shape index (κ2) is 2.97. The molecule has 0 aromatic rings. The number of rotatable bonds is 2. The molecule has 0 saturated heterocycles. The van der Waals surface area contributed by atoms with Crippen LogP contribution in [0.2, 0.25) is 0 Å². The first-order valence-electron chi connectivity index (χ1n) is 2.05. The number of ether oxygens (including phenoxy) is 1. The summed E-state index contributed by atoms with van der Waals surface area (Å²) in [5, 5.41) is 0.928. The zero-order valence-electron chi connectivity index (χ0n) is 4.32. The van der Waals surface area contributed by atoms with Crippen LogP contribution in [0, 0.1) is 0 Å². The Morgan fingerprint density at radius 2 is 2.50 bits per heavy atom. The molecule has 0 aromatic heterocycles. The topological polar surface area (TPSA) is 9.23 Å². The molecule has 0 atom stereocenters. The molecule has 36 valence electrons. The minimum atomic E-state index is 0.766. The molecule has 0 radical (unpaired) electrons. The summed E-state index contributed by atoms with van der Waals surface area (Å²) in [5.74, 6) is 0. The normalized spacial score (nSPS) is 8.17. The van der Waals surface area contributed by atoms with E-state index in [0.717, 1.165) is 22.2 Å². The highest BCUT2D eigenvalue weighted by Gasteiger charge is 1.72. The highest BCUT2D eigenvalue weighted by atomic mass is 28.1. The lowest BCUT2D eigenvalue weighted by Crippen LogP contribution is -1.86. The third-order valence-electron chi connectivity index (χ3n) is 0.391. The van der Waals surface area contributed by atoms with Crippen LogP contribution in [0.15, 0.2) is 12.0 Å². The Hall–Kier alpha value is -0.243. The number of hydrogen-bond acceptors (Lipinski definition) is 1. The lowest BCUT2D eigenvalue weighted by Gasteiger charge is -1.96. The monoisotopic (exact) mass is 102 g/mol. The Morgan fingerprint density at radius 3 is 2.50 bits per heavy atom. The standard InChI is InChI=1S/C4H10OSi/c1-3-5-4(2)6/h2-3H2,1,6H3. The summed E-state index contributed by atoms with van der Waals surface area (Å²) in [6.45, 7) is 6.31. The first-order chi connectivity index (χ1) is 2.77. The van der Waals surface area contributed by atoms with E-state index in [9.17, 15) is 0 Å². The van der Waals surface area contributed by atoms with Crippen molar-refractivity contribution in [2.24, 2.45) is 0 Å². The second-order valence-electron chi connectivity index (χ2n) is 1.14. The fourth-order valence-corrected chi connectivity index (χ4v) is 0.535. The van der Waals surface area contributed by atoms with E-state index < -0.39 is 0 Å². The molecule has 0 aliphatic rings. The minimum absolute atomic E-state index is 0.766. The van der Waals surface area contributed by atoms with Crippen molar-refractivity contribution in [2.45, 2.75) is 6.92 Å². The van der Waals surface area contributed by atoms with Gasteiger partial charge in [-0.15, -0.1) is 0 Å². The Morgan fingerprint density at radius 1 is 2.00 bits per heavy atom. The maximum absolute atomic E-state index is 4.91. The summed E-state index contributed by atoms with van der Waals surface area (Å²) >= 11 is 0. The molecular weight excluding hydrogens is 92.1 g/mol. The van der Waals surface area contributed by atoms with Gasteiger partial charge in [0.1, 0.15) is 0 Å². The molecule has 0 aliphatic carbocycles. The lowest BCUT2D eigenvalue weighted by atomic mass is 10.9. The quantitative estimate of drug-likeness (QED) is 0.348. The van der Waals surface area contributed by atoms with E-state index in [-0.39, 0.29) is 0 Å². The lowest BCUT2D eigenvalue weighted by molar-refractivity contribution is 0.256. The van der Waals surface area contributed by atoms with Gasteiger partial charge in [0.15, 0.2) is 0 Å². The van der Waals surface area contributed by atoms with Crippen molar-refractivity contribution in [3.05, 3.63) is 12.0 Å². The molecule has 0 N–H and O–H groups in total. The van der Waals surface area contributed by atoms with Crippen LogP contribution in [0.1, 0.15) is 6.92 Å². The zero-order valence-corrected chi connectivity index (χ0v) is 6.32. The summed E-state index contributed by atoms with van der Waals surface area (Å²) in [5.41, 5.74) is 0. The van der Waals surface area contributed by atoms with E-state index in [0.29, 0.717) is 0 Å². The Kier molecular flexibility index (Phi) is 2.85. The largest absolute Gasteiger partial charge is 0.505 e. The van der Waals surface area contributed by atoms with Crippen LogP contribution in [0.5, 0.6) is 0 Å². The van der Waals surface area contributed by atoms with Crippen molar-refractivity contribution >= 4 is 10.2 Å². The summed E-state index contributed by atoms with van der Waals surface area (Å²) in [6.07, 6.45) is 0. The SMILES string of the molecule is C=C([SiH3])OCC. The molecular formula is C4H10OSi. The predicted octanol–water partition coefficient (Wildman–Crippen LogP) is -0.141. The maximum atomic E-state index is 4.91. The van der Waals surface area contributed by atoms with E-state index >= 15 is 0 Å². The van der Waals surface area contributed by atoms with E-state index in [1.54, 1.807) is 0 Å². The summed E-state index contributed by atoms with van der Waals surface area (Å²) in [7, 11) is 0.962. The van der Waals surface area contributed by atoms with Gasteiger partial charge in [-0.25, -0.2) is 0 Å². The van der Waals surface area contributed by atoms with Crippen LogP contribution >= 0.6 is 0 Å². The van der Waals surface area contributed by atoms with Crippen LogP contribution in [-0.2, 0) is 4.74 Å². The van der Waals surface area contributed by atoms with E-state index in [2.05, 4.69) is 6.58 Å². The number of hydrogen-bond donors (Lipinski definition) is 0. The first-order valence-corrected chi connectivity index (χ1v) is 3.05. The Bertz CT molecular complexity index is 51.5. The van der Waals surface area contributed by atoms with Crippen LogP contribution < -0.4 is 0 Å². The molecule has 0 saturated carbocycles. The smallest absolute Gasteiger partial charge is 0.0841 e. The van der Waals surface area contributed by atoms with Crippen molar-refractivity contribution in [1.29, 1.82) is 0 Å². The first kappa shape index (κ1) is 5.76. The zero-order chi connectivity index (χ0) is 4.99. The van der Waals surface area contributed by atoms with Gasteiger partial charge in [-0.3, -0.25) is 0 Å². The molecule has 0 amide bonds. The van der Waals surface area contributed by atoms with Gasteiger partial charge < -0.3 is 4.74 Å². The molecule has 0 spiro atoms. The summed E-state index contributed by atoms with van der Waals surface area (Å²) in [6, 6.07) is 0. The second-order valence-corrected chi connectivity index (χ2v) is 2.25. The third kappa shape index (κ3) is 3.76. The van der Waals surface area contributed by atoms with Crippen LogP contribution in [0.3, 0.4) is 0 Å². The van der Waals surface area contributed by atoms with Gasteiger partial charge in [0.05, 0.1) is 22.2 Å². The van der Waals surface area contributed by atoms with Gasteiger partial charge in [-0.1, -0.05) is 6.58 Å². The molecule has 0 fully saturated rings. The van der Waals surface area contributed by atoms with E-state index in [4.69, 9.17) is 4.74 Å². The minimum Gasteiger partial charge on any atom is -0.505 e. The molecule has 2 heteroatoms. The van der Waals surface area contributed by atoms with Gasteiger partial charge >= 0.3 is 0 Å². The van der Waals surface area contributed by atoms with E-state index in [1.807, 2.05) is 6.92 Å². The molecule has 0 bridgehead atoms. The summed E-state index contributed by atoms with van der Waals surface area (Å²) in [4.78, 5) is 0. The van der Waals surface area contributed by atoms with Gasteiger partial charge in [-0.05, 0) is 6.92 Å². The fourth-order valence-electron chi connectivity index (χ4n) is 0.246. The average molecular weight is 102 g/mol. The Labute approximate surface area is 41.4 Å². The van der Waals surface area contributed by atoms with Gasteiger partial charge in [-0.2, -0.15) is 0 Å². The van der Waals surface area contributed by atoms with Crippen molar-refractivity contribution in [3.8, 4) is 0 Å². The van der Waals surface area contributed by atoms with Crippen molar-refractivity contribution in [1.82, 2.24) is 0 Å². The highest BCUT2D eigenvalue weighted by Crippen LogP contribution is 1.80. The highest BCUT2D eigenvalue weighted by molar-refractivity contribution is 6.19. The molecule has 0 heterocycles. The Balaban J connectivity index is 2.83. The third-order valence-corrected chi connectivity index (χ3v) is 0.679. The van der Waals surface area contributed by atoms with Crippen molar-refractivity contribution < 1.29 is 4.74 Å².